The fourth-order valence-electron chi connectivity index (χ4n) is 1.81. The van der Waals surface area contributed by atoms with Crippen LogP contribution < -0.4 is 10.6 Å². The Kier molecular flexibility index (Phi) is 5.27. The lowest BCUT2D eigenvalue weighted by atomic mass is 10.0. The van der Waals surface area contributed by atoms with Crippen LogP contribution in [0.1, 0.15) is 26.7 Å². The zero-order chi connectivity index (χ0) is 12.9. The summed E-state index contributed by atoms with van der Waals surface area (Å²) in [6.07, 6.45) is 1.97. The van der Waals surface area contributed by atoms with Crippen LogP contribution in [0.5, 0.6) is 0 Å². The van der Waals surface area contributed by atoms with Gasteiger partial charge >= 0.3 is 0 Å². The van der Waals surface area contributed by atoms with Crippen molar-refractivity contribution in [3.8, 4) is 0 Å². The zero-order valence-corrected chi connectivity index (χ0v) is 11.2. The van der Waals surface area contributed by atoms with Crippen LogP contribution in [0.15, 0.2) is 0 Å². The summed E-state index contributed by atoms with van der Waals surface area (Å²) in [4.78, 5) is 22.7. The number of nitrogens with one attached hydrogen (secondary N) is 2. The van der Waals surface area contributed by atoms with E-state index in [-0.39, 0.29) is 23.2 Å². The second-order valence-electron chi connectivity index (χ2n) is 4.56. The number of ether oxygens (including phenoxy) is 1. The van der Waals surface area contributed by atoms with E-state index in [2.05, 4.69) is 23.3 Å². The highest BCUT2D eigenvalue weighted by Crippen LogP contribution is 2.23. The number of thiol groups is 1. The van der Waals surface area contributed by atoms with Gasteiger partial charge in [-0.15, -0.1) is 0 Å². The van der Waals surface area contributed by atoms with Crippen molar-refractivity contribution in [2.75, 3.05) is 18.9 Å². The van der Waals surface area contributed by atoms with E-state index in [1.165, 1.54) is 6.92 Å². The highest BCUT2D eigenvalue weighted by molar-refractivity contribution is 7.80. The molecule has 0 radical (unpaired) electrons. The van der Waals surface area contributed by atoms with Gasteiger partial charge in [0.25, 0.3) is 0 Å². The molecule has 2 N–H and O–H groups in total. The first-order valence-corrected chi connectivity index (χ1v) is 6.40. The molecule has 0 aromatic carbocycles. The standard InChI is InChI=1S/C11H20N2O3S/c1-8(14)13-9(6-17)10(15)12-7-11(2)4-3-5-16-11/h9,17H,3-7H2,1-2H3,(H,12,15)(H,13,14). The summed E-state index contributed by atoms with van der Waals surface area (Å²) in [7, 11) is 0. The number of carbonyl (C=O) groups excluding carboxylic acids is 2. The molecule has 5 nitrogen and oxygen atoms in total. The van der Waals surface area contributed by atoms with E-state index in [1.54, 1.807) is 0 Å². The van der Waals surface area contributed by atoms with Crippen molar-refractivity contribution < 1.29 is 14.3 Å². The SMILES string of the molecule is CC(=O)NC(CS)C(=O)NCC1(C)CCCO1. The van der Waals surface area contributed by atoms with Crippen LogP contribution in [0.2, 0.25) is 0 Å². The van der Waals surface area contributed by atoms with Crippen LogP contribution in [0.3, 0.4) is 0 Å². The number of carbonyl (C=O) groups is 2. The maximum atomic E-state index is 11.8. The quantitative estimate of drug-likeness (QED) is 0.615. The lowest BCUT2D eigenvalue weighted by Crippen LogP contribution is -2.50. The summed E-state index contributed by atoms with van der Waals surface area (Å²) < 4.78 is 5.56. The van der Waals surface area contributed by atoms with Gasteiger partial charge in [0.15, 0.2) is 0 Å². The minimum absolute atomic E-state index is 0.216. The lowest BCUT2D eigenvalue weighted by molar-refractivity contribution is -0.128. The Bertz CT molecular complexity index is 290. The first kappa shape index (κ1) is 14.3. The van der Waals surface area contributed by atoms with Gasteiger partial charge in [0.2, 0.25) is 11.8 Å². The Morgan fingerprint density at radius 2 is 2.24 bits per heavy atom. The Morgan fingerprint density at radius 1 is 1.53 bits per heavy atom. The third-order valence-electron chi connectivity index (χ3n) is 2.81. The van der Waals surface area contributed by atoms with Crippen molar-refractivity contribution in [1.29, 1.82) is 0 Å². The van der Waals surface area contributed by atoms with Gasteiger partial charge in [-0.2, -0.15) is 12.6 Å². The molecule has 1 heterocycles. The van der Waals surface area contributed by atoms with Crippen molar-refractivity contribution in [2.24, 2.45) is 0 Å². The second-order valence-corrected chi connectivity index (χ2v) is 4.92. The van der Waals surface area contributed by atoms with Crippen molar-refractivity contribution in [1.82, 2.24) is 10.6 Å². The first-order valence-electron chi connectivity index (χ1n) is 5.76. The van der Waals surface area contributed by atoms with E-state index in [1.807, 2.05) is 6.92 Å². The summed E-state index contributed by atoms with van der Waals surface area (Å²) in [5.41, 5.74) is -0.271. The average Bonchev–Trinajstić information content (AvgIpc) is 2.70. The summed E-state index contributed by atoms with van der Waals surface area (Å²) in [6, 6.07) is -0.583. The number of rotatable bonds is 5. The Balaban J connectivity index is 2.39. The highest BCUT2D eigenvalue weighted by Gasteiger charge is 2.31. The van der Waals surface area contributed by atoms with E-state index in [9.17, 15) is 9.59 Å². The largest absolute Gasteiger partial charge is 0.373 e. The fraction of sp³-hybridized carbons (Fsp3) is 0.818. The molecule has 0 aromatic rings. The number of hydrogen-bond donors (Lipinski definition) is 3. The van der Waals surface area contributed by atoms with Crippen molar-refractivity contribution in [3.63, 3.8) is 0 Å². The summed E-state index contributed by atoms with van der Waals surface area (Å²) >= 11 is 4.05. The maximum Gasteiger partial charge on any atom is 0.243 e. The predicted molar refractivity (Wildman–Crippen MR) is 68.1 cm³/mol. The summed E-state index contributed by atoms with van der Waals surface area (Å²) in [5.74, 6) is -0.169. The Hall–Kier alpha value is -0.750. The van der Waals surface area contributed by atoms with Crippen LogP contribution in [-0.4, -0.2) is 42.4 Å². The fourth-order valence-corrected chi connectivity index (χ4v) is 2.07. The topological polar surface area (TPSA) is 67.4 Å². The molecular weight excluding hydrogens is 240 g/mol. The first-order chi connectivity index (χ1) is 7.97. The highest BCUT2D eigenvalue weighted by atomic mass is 32.1. The molecule has 0 spiro atoms. The van der Waals surface area contributed by atoms with Gasteiger partial charge in [-0.05, 0) is 19.8 Å². The minimum Gasteiger partial charge on any atom is -0.373 e. The van der Waals surface area contributed by atoms with Crippen molar-refractivity contribution in [2.45, 2.75) is 38.3 Å². The summed E-state index contributed by atoms with van der Waals surface area (Å²) in [6.45, 7) is 4.57. The molecule has 2 amide bonds. The minimum atomic E-state index is -0.583. The van der Waals surface area contributed by atoms with Gasteiger partial charge in [0, 0.05) is 25.8 Å². The van der Waals surface area contributed by atoms with Crippen LogP contribution in [-0.2, 0) is 14.3 Å². The van der Waals surface area contributed by atoms with Crippen LogP contribution in [0, 0.1) is 0 Å². The molecular formula is C11H20N2O3S. The summed E-state index contributed by atoms with van der Waals surface area (Å²) in [5, 5.41) is 5.34. The van der Waals surface area contributed by atoms with Gasteiger partial charge in [-0.1, -0.05) is 0 Å². The Morgan fingerprint density at radius 3 is 2.71 bits per heavy atom. The van der Waals surface area contributed by atoms with Gasteiger partial charge in [-0.3, -0.25) is 9.59 Å². The van der Waals surface area contributed by atoms with Gasteiger partial charge in [0.05, 0.1) is 5.60 Å². The molecule has 2 atom stereocenters. The van der Waals surface area contributed by atoms with Gasteiger partial charge in [-0.25, -0.2) is 0 Å². The van der Waals surface area contributed by atoms with E-state index in [0.29, 0.717) is 6.54 Å². The van der Waals surface area contributed by atoms with E-state index in [4.69, 9.17) is 4.74 Å². The van der Waals surface area contributed by atoms with E-state index >= 15 is 0 Å². The van der Waals surface area contributed by atoms with E-state index in [0.717, 1.165) is 19.4 Å². The average molecular weight is 260 g/mol. The number of hydrogen-bond acceptors (Lipinski definition) is 4. The molecule has 2 unspecified atom stereocenters. The predicted octanol–water partition coefficient (Wildman–Crippen LogP) is 0.106. The third-order valence-corrected chi connectivity index (χ3v) is 3.18. The monoisotopic (exact) mass is 260 g/mol. The van der Waals surface area contributed by atoms with Crippen LogP contribution in [0.4, 0.5) is 0 Å². The molecule has 1 rings (SSSR count). The number of amides is 2. The molecule has 1 fully saturated rings. The molecule has 6 heteroatoms. The molecule has 98 valence electrons. The normalized spacial score (nSPS) is 25.4. The molecule has 0 saturated carbocycles. The van der Waals surface area contributed by atoms with Crippen molar-refractivity contribution >= 4 is 24.4 Å². The van der Waals surface area contributed by atoms with Crippen LogP contribution in [0.25, 0.3) is 0 Å². The molecule has 0 aliphatic carbocycles. The van der Waals surface area contributed by atoms with Gasteiger partial charge in [0.1, 0.15) is 6.04 Å². The smallest absolute Gasteiger partial charge is 0.243 e. The van der Waals surface area contributed by atoms with E-state index < -0.39 is 6.04 Å². The molecule has 17 heavy (non-hydrogen) atoms. The van der Waals surface area contributed by atoms with Crippen molar-refractivity contribution in [3.05, 3.63) is 0 Å². The molecule has 1 aliphatic heterocycles. The van der Waals surface area contributed by atoms with Gasteiger partial charge < -0.3 is 15.4 Å². The maximum absolute atomic E-state index is 11.8. The molecule has 0 aromatic heterocycles. The Labute approximate surface area is 107 Å². The molecule has 1 saturated heterocycles. The zero-order valence-electron chi connectivity index (χ0n) is 10.3. The van der Waals surface area contributed by atoms with Crippen LogP contribution >= 0.6 is 12.6 Å². The lowest BCUT2D eigenvalue weighted by Gasteiger charge is -2.25. The second kappa shape index (κ2) is 6.26. The molecule has 1 aliphatic rings. The third kappa shape index (κ3) is 4.55. The molecule has 0 bridgehead atoms.